The fourth-order valence-corrected chi connectivity index (χ4v) is 2.07. The molecule has 112 valence electrons. The number of aliphatic hydroxyl groups is 3. The lowest BCUT2D eigenvalue weighted by Crippen LogP contribution is -2.57. The molecule has 0 atom stereocenters. The highest BCUT2D eigenvalue weighted by Crippen LogP contribution is 2.28. The molecule has 1 aromatic carbocycles. The normalized spacial score (nSPS) is 11.7. The number of alkyl halides is 2. The summed E-state index contributed by atoms with van der Waals surface area (Å²) < 4.78 is 24.8. The van der Waals surface area contributed by atoms with Crippen LogP contribution in [0.15, 0.2) is 29.2 Å². The van der Waals surface area contributed by atoms with Gasteiger partial charge >= 0.3 is 0 Å². The van der Waals surface area contributed by atoms with Crippen molar-refractivity contribution in [1.29, 1.82) is 0 Å². The van der Waals surface area contributed by atoms with Crippen LogP contribution >= 0.6 is 11.8 Å². The van der Waals surface area contributed by atoms with Gasteiger partial charge in [0.05, 0.1) is 25.4 Å². The summed E-state index contributed by atoms with van der Waals surface area (Å²) in [6.07, 6.45) is 0. The lowest BCUT2D eigenvalue weighted by atomic mass is 10.0. The molecular weight excluding hydrogens is 292 g/mol. The van der Waals surface area contributed by atoms with Crippen LogP contribution in [0.3, 0.4) is 0 Å². The highest BCUT2D eigenvalue weighted by Gasteiger charge is 2.31. The Bertz CT molecular complexity index is 447. The van der Waals surface area contributed by atoms with Crippen LogP contribution in [-0.4, -0.2) is 52.3 Å². The number of hydrogen-bond acceptors (Lipinski definition) is 5. The molecule has 0 radical (unpaired) electrons. The van der Waals surface area contributed by atoms with E-state index >= 15 is 0 Å². The predicted molar refractivity (Wildman–Crippen MR) is 69.8 cm³/mol. The molecule has 0 bridgehead atoms. The average molecular weight is 307 g/mol. The largest absolute Gasteiger partial charge is 0.394 e. The summed E-state index contributed by atoms with van der Waals surface area (Å²) >= 11 is 0.221. The summed E-state index contributed by atoms with van der Waals surface area (Å²) in [5, 5.41) is 29.6. The zero-order valence-corrected chi connectivity index (χ0v) is 11.2. The number of thioether (sulfide) groups is 1. The van der Waals surface area contributed by atoms with Gasteiger partial charge in [0.15, 0.2) is 0 Å². The Morgan fingerprint density at radius 3 is 2.25 bits per heavy atom. The minimum absolute atomic E-state index is 0.0162. The number of halogens is 2. The van der Waals surface area contributed by atoms with Gasteiger partial charge in [0.2, 0.25) is 0 Å². The molecule has 0 spiro atoms. The van der Waals surface area contributed by atoms with Crippen molar-refractivity contribution in [1.82, 2.24) is 5.32 Å². The Balaban J connectivity index is 2.97. The van der Waals surface area contributed by atoms with Crippen molar-refractivity contribution in [2.75, 3.05) is 19.8 Å². The number of amides is 1. The summed E-state index contributed by atoms with van der Waals surface area (Å²) in [5.74, 6) is -3.44. The van der Waals surface area contributed by atoms with Crippen molar-refractivity contribution in [3.8, 4) is 0 Å². The Morgan fingerprint density at radius 1 is 1.20 bits per heavy atom. The Hall–Kier alpha value is -1.22. The van der Waals surface area contributed by atoms with Crippen LogP contribution in [0.2, 0.25) is 0 Å². The smallest absolute Gasteiger partial charge is 0.288 e. The molecular formula is C12H15F2NO4S. The van der Waals surface area contributed by atoms with Crippen molar-refractivity contribution in [2.45, 2.75) is 16.2 Å². The van der Waals surface area contributed by atoms with E-state index in [9.17, 15) is 13.6 Å². The van der Waals surface area contributed by atoms with E-state index in [2.05, 4.69) is 5.32 Å². The number of benzene rings is 1. The van der Waals surface area contributed by atoms with E-state index in [1.54, 1.807) is 0 Å². The van der Waals surface area contributed by atoms with Crippen molar-refractivity contribution >= 4 is 17.7 Å². The van der Waals surface area contributed by atoms with Gasteiger partial charge in [-0.2, -0.15) is 8.78 Å². The van der Waals surface area contributed by atoms with E-state index in [1.807, 2.05) is 0 Å². The van der Waals surface area contributed by atoms with Crippen LogP contribution in [0.4, 0.5) is 8.78 Å². The molecule has 0 heterocycles. The highest BCUT2D eigenvalue weighted by atomic mass is 32.2. The Labute approximate surface area is 118 Å². The maximum absolute atomic E-state index is 12.4. The van der Waals surface area contributed by atoms with Gasteiger partial charge < -0.3 is 20.6 Å². The van der Waals surface area contributed by atoms with Crippen LogP contribution in [-0.2, 0) is 0 Å². The van der Waals surface area contributed by atoms with Crippen LogP contribution < -0.4 is 5.32 Å². The number of hydrogen-bond donors (Lipinski definition) is 4. The third-order valence-corrected chi connectivity index (χ3v) is 3.42. The van der Waals surface area contributed by atoms with Crippen LogP contribution in [0, 0.1) is 0 Å². The Morgan fingerprint density at radius 2 is 1.75 bits per heavy atom. The second-order valence-corrected chi connectivity index (χ2v) is 5.12. The highest BCUT2D eigenvalue weighted by molar-refractivity contribution is 7.99. The van der Waals surface area contributed by atoms with Gasteiger partial charge in [0.1, 0.15) is 5.54 Å². The molecule has 0 unspecified atom stereocenters. The average Bonchev–Trinajstić information content (AvgIpc) is 2.44. The maximum atomic E-state index is 12.4. The molecule has 5 nitrogen and oxygen atoms in total. The lowest BCUT2D eigenvalue weighted by Gasteiger charge is -2.29. The molecule has 1 amide bonds. The van der Waals surface area contributed by atoms with Gasteiger partial charge in [-0.1, -0.05) is 23.9 Å². The zero-order chi connectivity index (χ0) is 15.2. The van der Waals surface area contributed by atoms with E-state index in [4.69, 9.17) is 15.3 Å². The number of rotatable bonds is 7. The molecule has 0 fully saturated rings. The van der Waals surface area contributed by atoms with E-state index in [1.165, 1.54) is 24.3 Å². The third kappa shape index (κ3) is 4.14. The molecule has 0 saturated carbocycles. The molecule has 4 N–H and O–H groups in total. The monoisotopic (exact) mass is 307 g/mol. The molecule has 0 saturated heterocycles. The first kappa shape index (κ1) is 16.8. The lowest BCUT2D eigenvalue weighted by molar-refractivity contribution is 0.0374. The molecule has 0 aliphatic carbocycles. The first-order valence-corrected chi connectivity index (χ1v) is 6.55. The van der Waals surface area contributed by atoms with Gasteiger partial charge in [-0.15, -0.1) is 0 Å². The molecule has 0 aliphatic rings. The predicted octanol–water partition coefficient (Wildman–Crippen LogP) is 0.447. The Kier molecular flexibility index (Phi) is 6.34. The van der Waals surface area contributed by atoms with Gasteiger partial charge in [-0.3, -0.25) is 4.79 Å². The minimum Gasteiger partial charge on any atom is -0.394 e. The van der Waals surface area contributed by atoms with Crippen molar-refractivity contribution < 1.29 is 28.9 Å². The number of aliphatic hydroxyl groups excluding tert-OH is 3. The fraction of sp³-hybridized carbons (Fsp3) is 0.417. The van der Waals surface area contributed by atoms with E-state index in [0.29, 0.717) is 0 Å². The SMILES string of the molecule is O=C(NC(CO)(CO)CO)c1ccccc1SC(F)F. The number of carbonyl (C=O) groups is 1. The molecule has 0 aromatic heterocycles. The topological polar surface area (TPSA) is 89.8 Å². The molecule has 20 heavy (non-hydrogen) atoms. The zero-order valence-electron chi connectivity index (χ0n) is 10.4. The van der Waals surface area contributed by atoms with Gasteiger partial charge in [0, 0.05) is 4.90 Å². The summed E-state index contributed by atoms with van der Waals surface area (Å²) in [4.78, 5) is 12.1. The van der Waals surface area contributed by atoms with Gasteiger partial charge in [-0.05, 0) is 12.1 Å². The molecule has 1 aromatic rings. The minimum atomic E-state index is -2.68. The summed E-state index contributed by atoms with van der Waals surface area (Å²) in [7, 11) is 0. The summed E-state index contributed by atoms with van der Waals surface area (Å²) in [6, 6.07) is 5.73. The van der Waals surface area contributed by atoms with Crippen LogP contribution in [0.1, 0.15) is 10.4 Å². The quantitative estimate of drug-likeness (QED) is 0.549. The summed E-state index contributed by atoms with van der Waals surface area (Å²) in [5.41, 5.74) is -1.61. The molecule has 8 heteroatoms. The van der Waals surface area contributed by atoms with E-state index < -0.39 is 37.0 Å². The second kappa shape index (κ2) is 7.53. The molecule has 1 rings (SSSR count). The van der Waals surface area contributed by atoms with Crippen molar-refractivity contribution in [3.05, 3.63) is 29.8 Å². The van der Waals surface area contributed by atoms with Crippen molar-refractivity contribution in [3.63, 3.8) is 0 Å². The first-order chi connectivity index (χ1) is 9.48. The maximum Gasteiger partial charge on any atom is 0.288 e. The number of nitrogens with one attached hydrogen (secondary N) is 1. The number of carbonyl (C=O) groups excluding carboxylic acids is 1. The second-order valence-electron chi connectivity index (χ2n) is 4.08. The standard InChI is InChI=1S/C12H15F2NO4S/c13-11(14)20-9-4-2-1-3-8(9)10(19)15-12(5-16,6-17)7-18/h1-4,11,16-18H,5-7H2,(H,15,19). The fourth-order valence-electron chi connectivity index (χ4n) is 1.43. The van der Waals surface area contributed by atoms with Crippen LogP contribution in [0.25, 0.3) is 0 Å². The van der Waals surface area contributed by atoms with E-state index in [-0.39, 0.29) is 22.2 Å². The molecule has 0 aliphatic heterocycles. The van der Waals surface area contributed by atoms with Crippen molar-refractivity contribution in [2.24, 2.45) is 0 Å². The van der Waals surface area contributed by atoms with Gasteiger partial charge in [-0.25, -0.2) is 0 Å². The third-order valence-electron chi connectivity index (χ3n) is 2.63. The van der Waals surface area contributed by atoms with E-state index in [0.717, 1.165) is 0 Å². The first-order valence-electron chi connectivity index (χ1n) is 5.67. The van der Waals surface area contributed by atoms with Crippen LogP contribution in [0.5, 0.6) is 0 Å². The summed E-state index contributed by atoms with van der Waals surface area (Å²) in [6.45, 7) is -2.05. The van der Waals surface area contributed by atoms with Gasteiger partial charge in [0.25, 0.3) is 11.7 Å².